The molecule has 0 bridgehead atoms. The number of nitrogens with two attached hydrogens (primary N) is 1. The SMILES string of the molecule is CC(C)(NC(=O)c1cc(F)ccc1N)c1ccc(Cl)cc1. The third-order valence-corrected chi connectivity index (χ3v) is 3.50. The van der Waals surface area contributed by atoms with Crippen molar-refractivity contribution in [3.8, 4) is 0 Å². The molecule has 2 rings (SSSR count). The summed E-state index contributed by atoms with van der Waals surface area (Å²) in [6.07, 6.45) is 0. The molecule has 0 spiro atoms. The van der Waals surface area contributed by atoms with Crippen molar-refractivity contribution in [3.05, 3.63) is 64.4 Å². The fourth-order valence-electron chi connectivity index (χ4n) is 2.02. The lowest BCUT2D eigenvalue weighted by Gasteiger charge is -2.27. The minimum absolute atomic E-state index is 0.122. The van der Waals surface area contributed by atoms with Crippen molar-refractivity contribution in [2.24, 2.45) is 0 Å². The van der Waals surface area contributed by atoms with Crippen LogP contribution in [0.2, 0.25) is 5.02 Å². The molecule has 0 fully saturated rings. The quantitative estimate of drug-likeness (QED) is 0.849. The van der Waals surface area contributed by atoms with Gasteiger partial charge < -0.3 is 11.1 Å². The van der Waals surface area contributed by atoms with Crippen LogP contribution < -0.4 is 11.1 Å². The number of anilines is 1. The molecule has 1 amide bonds. The summed E-state index contributed by atoms with van der Waals surface area (Å²) in [5, 5.41) is 3.47. The van der Waals surface area contributed by atoms with Crippen molar-refractivity contribution < 1.29 is 9.18 Å². The molecule has 21 heavy (non-hydrogen) atoms. The zero-order valence-corrected chi connectivity index (χ0v) is 12.5. The maximum atomic E-state index is 13.3. The van der Waals surface area contributed by atoms with Gasteiger partial charge in [-0.25, -0.2) is 4.39 Å². The first-order valence-corrected chi connectivity index (χ1v) is 6.81. The molecule has 0 heterocycles. The van der Waals surface area contributed by atoms with Crippen LogP contribution in [0.5, 0.6) is 0 Å². The first-order chi connectivity index (χ1) is 9.79. The highest BCUT2D eigenvalue weighted by molar-refractivity contribution is 6.30. The predicted molar refractivity (Wildman–Crippen MR) is 82.8 cm³/mol. The van der Waals surface area contributed by atoms with Crippen LogP contribution in [0.4, 0.5) is 10.1 Å². The highest BCUT2D eigenvalue weighted by Gasteiger charge is 2.24. The molecule has 0 saturated heterocycles. The van der Waals surface area contributed by atoms with Gasteiger partial charge in [0.25, 0.3) is 5.91 Å². The largest absolute Gasteiger partial charge is 0.398 e. The molecule has 0 aliphatic heterocycles. The summed E-state index contributed by atoms with van der Waals surface area (Å²) in [4.78, 5) is 12.3. The first-order valence-electron chi connectivity index (χ1n) is 6.43. The third kappa shape index (κ3) is 3.52. The Balaban J connectivity index is 2.25. The number of benzene rings is 2. The summed E-state index contributed by atoms with van der Waals surface area (Å²) in [5.41, 5.74) is 6.33. The van der Waals surface area contributed by atoms with Crippen molar-refractivity contribution in [3.63, 3.8) is 0 Å². The Kier molecular flexibility index (Phi) is 4.19. The fourth-order valence-corrected chi connectivity index (χ4v) is 2.14. The summed E-state index contributed by atoms with van der Waals surface area (Å²) in [6.45, 7) is 3.70. The molecule has 0 aromatic heterocycles. The van der Waals surface area contributed by atoms with E-state index in [2.05, 4.69) is 5.32 Å². The Morgan fingerprint density at radius 3 is 2.43 bits per heavy atom. The number of hydrogen-bond acceptors (Lipinski definition) is 2. The molecule has 3 N–H and O–H groups in total. The molecule has 3 nitrogen and oxygen atoms in total. The van der Waals surface area contributed by atoms with Gasteiger partial charge in [0, 0.05) is 10.7 Å². The molecule has 2 aromatic carbocycles. The summed E-state index contributed by atoms with van der Waals surface area (Å²) >= 11 is 5.86. The highest BCUT2D eigenvalue weighted by atomic mass is 35.5. The minimum Gasteiger partial charge on any atom is -0.398 e. The lowest BCUT2D eigenvalue weighted by atomic mass is 9.94. The Morgan fingerprint density at radius 1 is 1.19 bits per heavy atom. The zero-order chi connectivity index (χ0) is 15.6. The van der Waals surface area contributed by atoms with Gasteiger partial charge >= 0.3 is 0 Å². The Morgan fingerprint density at radius 2 is 1.81 bits per heavy atom. The summed E-state index contributed by atoms with van der Waals surface area (Å²) < 4.78 is 13.3. The van der Waals surface area contributed by atoms with E-state index in [1.165, 1.54) is 12.1 Å². The van der Waals surface area contributed by atoms with E-state index in [9.17, 15) is 9.18 Å². The van der Waals surface area contributed by atoms with E-state index in [0.717, 1.165) is 11.6 Å². The Bertz CT molecular complexity index is 668. The molecule has 0 aliphatic carbocycles. The average Bonchev–Trinajstić information content (AvgIpc) is 2.41. The fraction of sp³-hybridized carbons (Fsp3) is 0.188. The normalized spacial score (nSPS) is 11.2. The molecule has 0 atom stereocenters. The van der Waals surface area contributed by atoms with Gasteiger partial charge in [0.2, 0.25) is 0 Å². The number of nitrogens with one attached hydrogen (secondary N) is 1. The van der Waals surface area contributed by atoms with Gasteiger partial charge in [-0.3, -0.25) is 4.79 Å². The molecule has 2 aromatic rings. The van der Waals surface area contributed by atoms with Gasteiger partial charge in [-0.2, -0.15) is 0 Å². The maximum absolute atomic E-state index is 13.3. The minimum atomic E-state index is -0.638. The molecule has 0 unspecified atom stereocenters. The Hall–Kier alpha value is -2.07. The van der Waals surface area contributed by atoms with Gasteiger partial charge in [-0.05, 0) is 49.7 Å². The molecule has 0 aliphatic rings. The number of amides is 1. The molecule has 0 saturated carbocycles. The monoisotopic (exact) mass is 306 g/mol. The molecule has 5 heteroatoms. The van der Waals surface area contributed by atoms with Crippen LogP contribution in [0.25, 0.3) is 0 Å². The van der Waals surface area contributed by atoms with E-state index in [1.807, 2.05) is 26.0 Å². The third-order valence-electron chi connectivity index (χ3n) is 3.25. The first kappa shape index (κ1) is 15.3. The van der Waals surface area contributed by atoms with E-state index in [-0.39, 0.29) is 11.3 Å². The number of halogens is 2. The van der Waals surface area contributed by atoms with Gasteiger partial charge in [-0.1, -0.05) is 23.7 Å². The van der Waals surface area contributed by atoms with Crippen molar-refractivity contribution in [1.29, 1.82) is 0 Å². The number of nitrogen functional groups attached to an aromatic ring is 1. The lowest BCUT2D eigenvalue weighted by Crippen LogP contribution is -2.41. The van der Waals surface area contributed by atoms with E-state index >= 15 is 0 Å². The van der Waals surface area contributed by atoms with E-state index in [0.29, 0.717) is 5.02 Å². The van der Waals surface area contributed by atoms with Crippen molar-refractivity contribution >= 4 is 23.2 Å². The predicted octanol–water partition coefficient (Wildman–Crippen LogP) is 3.73. The summed E-state index contributed by atoms with van der Waals surface area (Å²) in [7, 11) is 0. The van der Waals surface area contributed by atoms with E-state index in [4.69, 9.17) is 17.3 Å². The molecule has 110 valence electrons. The molecular weight excluding hydrogens is 291 g/mol. The van der Waals surface area contributed by atoms with Crippen LogP contribution in [0.15, 0.2) is 42.5 Å². The van der Waals surface area contributed by atoms with Crippen LogP contribution >= 0.6 is 11.6 Å². The number of carbonyl (C=O) groups is 1. The standard InChI is InChI=1S/C16H16ClFN2O/c1-16(2,10-3-5-11(17)6-4-10)20-15(21)13-9-12(18)7-8-14(13)19/h3-9H,19H2,1-2H3,(H,20,21). The highest BCUT2D eigenvalue weighted by Crippen LogP contribution is 2.23. The van der Waals surface area contributed by atoms with E-state index < -0.39 is 17.3 Å². The van der Waals surface area contributed by atoms with Gasteiger partial charge in [0.1, 0.15) is 5.82 Å². The van der Waals surface area contributed by atoms with Crippen molar-refractivity contribution in [2.75, 3.05) is 5.73 Å². The number of hydrogen-bond donors (Lipinski definition) is 2. The van der Waals surface area contributed by atoms with Crippen LogP contribution in [0.3, 0.4) is 0 Å². The summed E-state index contributed by atoms with van der Waals surface area (Å²) in [6, 6.07) is 10.9. The zero-order valence-electron chi connectivity index (χ0n) is 11.8. The number of rotatable bonds is 3. The van der Waals surface area contributed by atoms with E-state index in [1.54, 1.807) is 12.1 Å². The van der Waals surface area contributed by atoms with Crippen LogP contribution in [-0.4, -0.2) is 5.91 Å². The van der Waals surface area contributed by atoms with Crippen molar-refractivity contribution in [1.82, 2.24) is 5.32 Å². The van der Waals surface area contributed by atoms with Gasteiger partial charge in [0.05, 0.1) is 11.1 Å². The second-order valence-corrected chi connectivity index (χ2v) is 5.75. The van der Waals surface area contributed by atoms with Gasteiger partial charge in [-0.15, -0.1) is 0 Å². The van der Waals surface area contributed by atoms with Crippen LogP contribution in [0, 0.1) is 5.82 Å². The smallest absolute Gasteiger partial charge is 0.254 e. The second kappa shape index (κ2) is 5.74. The number of carbonyl (C=O) groups excluding carboxylic acids is 1. The average molecular weight is 307 g/mol. The molecule has 0 radical (unpaired) electrons. The lowest BCUT2D eigenvalue weighted by molar-refractivity contribution is 0.0912. The van der Waals surface area contributed by atoms with Crippen LogP contribution in [0.1, 0.15) is 29.8 Å². The van der Waals surface area contributed by atoms with Crippen molar-refractivity contribution in [2.45, 2.75) is 19.4 Å². The Labute approximate surface area is 127 Å². The molecular formula is C16H16ClFN2O. The van der Waals surface area contributed by atoms with Gasteiger partial charge in [0.15, 0.2) is 0 Å². The topological polar surface area (TPSA) is 55.1 Å². The maximum Gasteiger partial charge on any atom is 0.254 e. The summed E-state index contributed by atoms with van der Waals surface area (Å²) in [5.74, 6) is -0.925. The van der Waals surface area contributed by atoms with Crippen LogP contribution in [-0.2, 0) is 5.54 Å². The second-order valence-electron chi connectivity index (χ2n) is 5.32.